The van der Waals surface area contributed by atoms with Gasteiger partial charge in [-0.2, -0.15) is 0 Å². The first kappa shape index (κ1) is 19.4. The average Bonchev–Trinajstić information content (AvgIpc) is 3.33. The molecule has 1 aromatic carbocycles. The van der Waals surface area contributed by atoms with Crippen molar-refractivity contribution in [2.75, 3.05) is 20.3 Å². The summed E-state index contributed by atoms with van der Waals surface area (Å²) in [6.45, 7) is 1.52. The van der Waals surface area contributed by atoms with Crippen LogP contribution in [-0.4, -0.2) is 47.8 Å². The first-order valence-electron chi connectivity index (χ1n) is 9.59. The van der Waals surface area contributed by atoms with Crippen molar-refractivity contribution in [3.63, 3.8) is 0 Å². The molecule has 1 saturated heterocycles. The van der Waals surface area contributed by atoms with Gasteiger partial charge in [0.1, 0.15) is 18.5 Å². The molecule has 0 bridgehead atoms. The first-order chi connectivity index (χ1) is 13.2. The van der Waals surface area contributed by atoms with Crippen LogP contribution in [0.4, 0.5) is 0 Å². The summed E-state index contributed by atoms with van der Waals surface area (Å²) in [7, 11) is 1.39. The van der Waals surface area contributed by atoms with Gasteiger partial charge in [-0.15, -0.1) is 0 Å². The number of carbonyl (C=O) groups excluding carboxylic acids is 2. The second kappa shape index (κ2) is 9.50. The Morgan fingerprint density at radius 2 is 2.15 bits per heavy atom. The Morgan fingerprint density at radius 1 is 1.30 bits per heavy atom. The number of unbranched alkanes of at least 4 members (excludes halogenated alkanes) is 2. The molecule has 3 rings (SSSR count). The van der Waals surface area contributed by atoms with Gasteiger partial charge in [-0.05, 0) is 37.8 Å². The van der Waals surface area contributed by atoms with Gasteiger partial charge in [-0.1, -0.05) is 18.6 Å². The molecule has 1 atom stereocenters. The molecule has 1 unspecified atom stereocenters. The topological polar surface area (TPSA) is 82.5 Å². The van der Waals surface area contributed by atoms with E-state index in [0.29, 0.717) is 13.2 Å². The molecule has 1 amide bonds. The molecule has 0 radical (unpaired) electrons. The fraction of sp³-hybridized carbons (Fsp3) is 0.550. The summed E-state index contributed by atoms with van der Waals surface area (Å²) in [4.78, 5) is 28.3. The van der Waals surface area contributed by atoms with Gasteiger partial charge in [0.2, 0.25) is 5.91 Å². The zero-order chi connectivity index (χ0) is 19.1. The number of ether oxygens (including phenoxy) is 2. The van der Waals surface area contributed by atoms with E-state index in [2.05, 4.69) is 10.3 Å². The van der Waals surface area contributed by atoms with Crippen LogP contribution in [0.2, 0.25) is 0 Å². The maximum atomic E-state index is 11.9. The van der Waals surface area contributed by atoms with E-state index in [1.807, 2.05) is 28.8 Å². The Labute approximate surface area is 159 Å². The third kappa shape index (κ3) is 5.07. The molecule has 0 saturated carbocycles. The molecule has 27 heavy (non-hydrogen) atoms. The highest BCUT2D eigenvalue weighted by Gasteiger charge is 2.22. The van der Waals surface area contributed by atoms with Crippen molar-refractivity contribution in [2.45, 2.75) is 51.2 Å². The van der Waals surface area contributed by atoms with E-state index in [-0.39, 0.29) is 24.5 Å². The Balaban J connectivity index is 1.47. The van der Waals surface area contributed by atoms with Crippen molar-refractivity contribution in [3.05, 3.63) is 30.1 Å². The van der Waals surface area contributed by atoms with Crippen LogP contribution in [0.15, 0.2) is 24.3 Å². The highest BCUT2D eigenvalue weighted by Crippen LogP contribution is 2.18. The second-order valence-electron chi connectivity index (χ2n) is 6.78. The molecular formula is C20H27N3O4. The third-order valence-corrected chi connectivity index (χ3v) is 4.85. The van der Waals surface area contributed by atoms with Crippen LogP contribution in [0.3, 0.4) is 0 Å². The molecule has 7 heteroatoms. The Morgan fingerprint density at radius 3 is 2.93 bits per heavy atom. The Bertz CT molecular complexity index is 781. The summed E-state index contributed by atoms with van der Waals surface area (Å²) in [5, 5.41) is 2.94. The summed E-state index contributed by atoms with van der Waals surface area (Å²) >= 11 is 0. The highest BCUT2D eigenvalue weighted by molar-refractivity contribution is 5.81. The van der Waals surface area contributed by atoms with Gasteiger partial charge in [0, 0.05) is 19.6 Å². The maximum Gasteiger partial charge on any atom is 0.325 e. The quantitative estimate of drug-likeness (QED) is 0.538. The van der Waals surface area contributed by atoms with Crippen LogP contribution >= 0.6 is 0 Å². The van der Waals surface area contributed by atoms with Gasteiger partial charge in [-0.25, -0.2) is 4.98 Å². The van der Waals surface area contributed by atoms with Crippen molar-refractivity contribution < 1.29 is 19.1 Å². The lowest BCUT2D eigenvalue weighted by atomic mass is 10.2. The van der Waals surface area contributed by atoms with E-state index in [1.54, 1.807) is 0 Å². The number of fused-ring (bicyclic) bond motifs is 1. The molecule has 2 aromatic rings. The van der Waals surface area contributed by atoms with Gasteiger partial charge in [0.05, 0.1) is 18.1 Å². The number of nitrogens with one attached hydrogen (secondary N) is 1. The van der Waals surface area contributed by atoms with Crippen LogP contribution < -0.4 is 5.32 Å². The molecule has 7 nitrogen and oxygen atoms in total. The summed E-state index contributed by atoms with van der Waals surface area (Å²) in [6, 6.07) is 7.80. The molecule has 0 spiro atoms. The number of aromatic nitrogens is 2. The van der Waals surface area contributed by atoms with Gasteiger partial charge in [0.25, 0.3) is 0 Å². The van der Waals surface area contributed by atoms with Crippen molar-refractivity contribution in [2.24, 2.45) is 0 Å². The number of nitrogens with zero attached hydrogens (tertiary/aromatic N) is 2. The molecule has 1 aliphatic rings. The van der Waals surface area contributed by atoms with E-state index < -0.39 is 0 Å². The van der Waals surface area contributed by atoms with Crippen molar-refractivity contribution >= 4 is 22.9 Å². The minimum Gasteiger partial charge on any atom is -0.468 e. The SMILES string of the molecule is COC(=O)Cn1c(CCCCCNC(=O)C2CCCO2)nc2ccccc21. The Kier molecular flexibility index (Phi) is 6.81. The molecule has 1 N–H and O–H groups in total. The lowest BCUT2D eigenvalue weighted by molar-refractivity contribution is -0.141. The number of aryl methyl sites for hydroxylation is 1. The maximum absolute atomic E-state index is 11.9. The normalized spacial score (nSPS) is 16.6. The van der Waals surface area contributed by atoms with E-state index in [0.717, 1.165) is 55.4 Å². The predicted molar refractivity (Wildman–Crippen MR) is 101 cm³/mol. The minimum atomic E-state index is -0.281. The third-order valence-electron chi connectivity index (χ3n) is 4.85. The summed E-state index contributed by atoms with van der Waals surface area (Å²) < 4.78 is 12.1. The first-order valence-corrected chi connectivity index (χ1v) is 9.59. The number of imidazole rings is 1. The van der Waals surface area contributed by atoms with Crippen molar-refractivity contribution in [3.8, 4) is 0 Å². The predicted octanol–water partition coefficient (Wildman–Crippen LogP) is 2.22. The number of benzene rings is 1. The number of amides is 1. The monoisotopic (exact) mass is 373 g/mol. The van der Waals surface area contributed by atoms with Gasteiger partial charge < -0.3 is 19.4 Å². The molecule has 1 aromatic heterocycles. The van der Waals surface area contributed by atoms with Gasteiger partial charge in [-0.3, -0.25) is 9.59 Å². The van der Waals surface area contributed by atoms with Crippen molar-refractivity contribution in [1.29, 1.82) is 0 Å². The minimum absolute atomic E-state index is 0.00682. The average molecular weight is 373 g/mol. The van der Waals surface area contributed by atoms with E-state index in [1.165, 1.54) is 7.11 Å². The molecule has 1 aliphatic heterocycles. The zero-order valence-corrected chi connectivity index (χ0v) is 15.8. The smallest absolute Gasteiger partial charge is 0.325 e. The lowest BCUT2D eigenvalue weighted by Gasteiger charge is -2.10. The fourth-order valence-corrected chi connectivity index (χ4v) is 3.38. The van der Waals surface area contributed by atoms with Crippen molar-refractivity contribution in [1.82, 2.24) is 14.9 Å². The number of rotatable bonds is 9. The Hall–Kier alpha value is -2.41. The largest absolute Gasteiger partial charge is 0.468 e. The lowest BCUT2D eigenvalue weighted by Crippen LogP contribution is -2.34. The summed E-state index contributed by atoms with van der Waals surface area (Å²) in [6.07, 6.45) is 5.14. The number of para-hydroxylation sites is 2. The van der Waals surface area contributed by atoms with E-state index in [4.69, 9.17) is 9.47 Å². The summed E-state index contributed by atoms with van der Waals surface area (Å²) in [5.41, 5.74) is 1.84. The summed E-state index contributed by atoms with van der Waals surface area (Å²) in [5.74, 6) is 0.619. The van der Waals surface area contributed by atoms with Gasteiger partial charge in [0.15, 0.2) is 0 Å². The molecule has 0 aliphatic carbocycles. The zero-order valence-electron chi connectivity index (χ0n) is 15.8. The van der Waals surface area contributed by atoms with Gasteiger partial charge >= 0.3 is 5.97 Å². The number of hydrogen-bond acceptors (Lipinski definition) is 5. The fourth-order valence-electron chi connectivity index (χ4n) is 3.38. The molecular weight excluding hydrogens is 346 g/mol. The number of esters is 1. The number of methoxy groups -OCH3 is 1. The van der Waals surface area contributed by atoms with E-state index in [9.17, 15) is 9.59 Å². The van der Waals surface area contributed by atoms with Crippen LogP contribution in [0.1, 0.15) is 37.9 Å². The van der Waals surface area contributed by atoms with E-state index >= 15 is 0 Å². The second-order valence-corrected chi connectivity index (χ2v) is 6.78. The van der Waals surface area contributed by atoms with Crippen LogP contribution in [-0.2, 0) is 32.0 Å². The number of hydrogen-bond donors (Lipinski definition) is 1. The highest BCUT2D eigenvalue weighted by atomic mass is 16.5. The van der Waals surface area contributed by atoms with Crippen LogP contribution in [0, 0.1) is 0 Å². The van der Waals surface area contributed by atoms with Crippen LogP contribution in [0.25, 0.3) is 11.0 Å². The van der Waals surface area contributed by atoms with Crippen LogP contribution in [0.5, 0.6) is 0 Å². The standard InChI is InChI=1S/C20H27N3O4/c1-26-19(24)14-23-16-9-5-4-8-15(16)22-18(23)11-3-2-6-12-21-20(25)17-10-7-13-27-17/h4-5,8-9,17H,2-3,6-7,10-14H2,1H3,(H,21,25). The molecule has 2 heterocycles. The molecule has 1 fully saturated rings. The number of carbonyl (C=O) groups is 2. The molecule has 146 valence electrons.